The van der Waals surface area contributed by atoms with E-state index in [1.807, 2.05) is 0 Å². The van der Waals surface area contributed by atoms with E-state index in [0.717, 1.165) is 0 Å². The van der Waals surface area contributed by atoms with Crippen LogP contribution in [0.2, 0.25) is 0 Å². The number of nitro groups is 1. The highest BCUT2D eigenvalue weighted by molar-refractivity contribution is 6.14. The molecule has 0 bridgehead atoms. The van der Waals surface area contributed by atoms with Crippen LogP contribution in [0.25, 0.3) is 6.08 Å². The number of ketones is 1. The van der Waals surface area contributed by atoms with Crippen molar-refractivity contribution in [1.29, 1.82) is 0 Å². The molecular formula is C24H17NO8. The van der Waals surface area contributed by atoms with Crippen molar-refractivity contribution in [1.82, 2.24) is 0 Å². The normalized spacial score (nSPS) is 13.3. The Morgan fingerprint density at radius 3 is 2.52 bits per heavy atom. The number of hydrogen-bond acceptors (Lipinski definition) is 8. The largest absolute Gasteiger partial charge is 0.493 e. The monoisotopic (exact) mass is 447 g/mol. The van der Waals surface area contributed by atoms with E-state index >= 15 is 0 Å². The van der Waals surface area contributed by atoms with Gasteiger partial charge in [-0.2, -0.15) is 0 Å². The summed E-state index contributed by atoms with van der Waals surface area (Å²) in [5, 5.41) is 11.0. The maximum absolute atomic E-state index is 12.6. The molecule has 0 N–H and O–H groups in total. The molecule has 0 unspecified atom stereocenters. The number of carbonyl (C=O) groups excluding carboxylic acids is 2. The molecule has 3 aromatic carbocycles. The topological polar surface area (TPSA) is 114 Å². The Morgan fingerprint density at radius 2 is 1.79 bits per heavy atom. The van der Waals surface area contributed by atoms with Crippen molar-refractivity contribution >= 4 is 23.5 Å². The van der Waals surface area contributed by atoms with Gasteiger partial charge in [-0.3, -0.25) is 14.9 Å². The fraction of sp³-hybridized carbons (Fsp3) is 0.0833. The van der Waals surface area contributed by atoms with Crippen LogP contribution in [-0.2, 0) is 0 Å². The summed E-state index contributed by atoms with van der Waals surface area (Å²) in [6.07, 6.45) is 1.42. The Hall–Kier alpha value is -4.66. The first-order valence-electron chi connectivity index (χ1n) is 9.66. The van der Waals surface area contributed by atoms with E-state index < -0.39 is 10.9 Å². The van der Waals surface area contributed by atoms with Gasteiger partial charge in [0.15, 0.2) is 17.3 Å². The molecule has 166 valence electrons. The number of nitro benzene ring substituents is 1. The molecule has 0 atom stereocenters. The van der Waals surface area contributed by atoms with Crippen molar-refractivity contribution in [2.45, 2.75) is 0 Å². The van der Waals surface area contributed by atoms with Crippen LogP contribution in [0, 0.1) is 10.1 Å². The lowest BCUT2D eigenvalue weighted by molar-refractivity contribution is -0.384. The first kappa shape index (κ1) is 21.6. The van der Waals surface area contributed by atoms with Gasteiger partial charge in [0.1, 0.15) is 11.5 Å². The summed E-state index contributed by atoms with van der Waals surface area (Å²) in [6, 6.07) is 14.9. The van der Waals surface area contributed by atoms with Gasteiger partial charge in [-0.25, -0.2) is 4.79 Å². The average Bonchev–Trinajstić information content (AvgIpc) is 3.12. The lowest BCUT2D eigenvalue weighted by Gasteiger charge is -2.10. The zero-order valence-electron chi connectivity index (χ0n) is 17.6. The summed E-state index contributed by atoms with van der Waals surface area (Å²) in [4.78, 5) is 35.6. The van der Waals surface area contributed by atoms with E-state index in [0.29, 0.717) is 17.1 Å². The second-order valence-electron chi connectivity index (χ2n) is 6.91. The van der Waals surface area contributed by atoms with Crippen molar-refractivity contribution in [3.8, 4) is 23.0 Å². The van der Waals surface area contributed by atoms with Crippen LogP contribution >= 0.6 is 0 Å². The molecule has 0 spiro atoms. The Labute approximate surface area is 187 Å². The molecule has 9 heteroatoms. The number of ether oxygens (including phenoxy) is 4. The average molecular weight is 447 g/mol. The predicted octanol–water partition coefficient (Wildman–Crippen LogP) is 4.45. The zero-order valence-corrected chi connectivity index (χ0v) is 17.6. The number of Topliss-reactive ketones (excluding diaryl/α,β-unsaturated/α-hetero) is 1. The van der Waals surface area contributed by atoms with E-state index in [1.54, 1.807) is 12.1 Å². The molecule has 0 fully saturated rings. The fourth-order valence-electron chi connectivity index (χ4n) is 3.24. The van der Waals surface area contributed by atoms with Crippen LogP contribution in [-0.4, -0.2) is 30.9 Å². The van der Waals surface area contributed by atoms with Crippen molar-refractivity contribution in [3.05, 3.63) is 93.2 Å². The van der Waals surface area contributed by atoms with E-state index in [4.69, 9.17) is 18.9 Å². The number of non-ortho nitro benzene ring substituents is 1. The number of allylic oxidation sites excluding steroid dienone is 1. The van der Waals surface area contributed by atoms with Crippen LogP contribution in [0.1, 0.15) is 26.3 Å². The van der Waals surface area contributed by atoms with Crippen molar-refractivity contribution in [2.24, 2.45) is 0 Å². The number of rotatable bonds is 6. The van der Waals surface area contributed by atoms with Crippen LogP contribution in [0.3, 0.4) is 0 Å². The third-order valence-electron chi connectivity index (χ3n) is 4.85. The molecule has 9 nitrogen and oxygen atoms in total. The van der Waals surface area contributed by atoms with Gasteiger partial charge in [-0.15, -0.1) is 0 Å². The maximum Gasteiger partial charge on any atom is 0.343 e. The van der Waals surface area contributed by atoms with Gasteiger partial charge in [-0.05, 0) is 42.0 Å². The summed E-state index contributed by atoms with van der Waals surface area (Å²) in [5.74, 6) is 0.246. The van der Waals surface area contributed by atoms with Crippen LogP contribution in [0.4, 0.5) is 5.69 Å². The number of esters is 1. The smallest absolute Gasteiger partial charge is 0.343 e. The number of carbonyl (C=O) groups is 2. The van der Waals surface area contributed by atoms with Gasteiger partial charge in [0, 0.05) is 18.2 Å². The molecule has 4 rings (SSSR count). The molecule has 1 heterocycles. The number of nitrogens with zero attached hydrogens (tertiary/aromatic N) is 1. The lowest BCUT2D eigenvalue weighted by Crippen LogP contribution is -2.09. The van der Waals surface area contributed by atoms with Gasteiger partial charge in [0.25, 0.3) is 5.69 Å². The highest BCUT2D eigenvalue weighted by Crippen LogP contribution is 2.35. The minimum Gasteiger partial charge on any atom is -0.493 e. The Bertz CT molecular complexity index is 1310. The summed E-state index contributed by atoms with van der Waals surface area (Å²) >= 11 is 0. The van der Waals surface area contributed by atoms with Crippen LogP contribution in [0.15, 0.2) is 66.4 Å². The minimum absolute atomic E-state index is 0.00821. The Kier molecular flexibility index (Phi) is 5.77. The molecular weight excluding hydrogens is 430 g/mol. The molecule has 1 aliphatic rings. The maximum atomic E-state index is 12.6. The van der Waals surface area contributed by atoms with Crippen molar-refractivity contribution in [3.63, 3.8) is 0 Å². The van der Waals surface area contributed by atoms with E-state index in [2.05, 4.69) is 0 Å². The van der Waals surface area contributed by atoms with E-state index in [-0.39, 0.29) is 39.9 Å². The van der Waals surface area contributed by atoms with Gasteiger partial charge in [-0.1, -0.05) is 12.1 Å². The Morgan fingerprint density at radius 1 is 1.00 bits per heavy atom. The van der Waals surface area contributed by atoms with Crippen LogP contribution < -0.4 is 18.9 Å². The molecule has 0 amide bonds. The van der Waals surface area contributed by atoms with Crippen LogP contribution in [0.5, 0.6) is 23.0 Å². The van der Waals surface area contributed by atoms with Gasteiger partial charge < -0.3 is 18.9 Å². The first-order chi connectivity index (χ1) is 15.9. The molecule has 0 saturated carbocycles. The lowest BCUT2D eigenvalue weighted by atomic mass is 10.1. The molecule has 3 aromatic rings. The molecule has 0 aliphatic carbocycles. The van der Waals surface area contributed by atoms with Gasteiger partial charge >= 0.3 is 5.97 Å². The molecule has 0 aromatic heterocycles. The van der Waals surface area contributed by atoms with Crippen molar-refractivity contribution in [2.75, 3.05) is 14.2 Å². The quantitative estimate of drug-likeness (QED) is 0.179. The second-order valence-corrected chi connectivity index (χ2v) is 6.91. The third-order valence-corrected chi connectivity index (χ3v) is 4.85. The third kappa shape index (κ3) is 4.38. The minimum atomic E-state index is -0.632. The van der Waals surface area contributed by atoms with E-state index in [1.165, 1.54) is 68.8 Å². The van der Waals surface area contributed by atoms with Gasteiger partial charge in [0.05, 0.1) is 30.3 Å². The summed E-state index contributed by atoms with van der Waals surface area (Å²) < 4.78 is 21.4. The standard InChI is InChI=1S/C24H17NO8/c1-30-19-9-6-15(12-21(19)31-2)24(27)32-17-7-8-18-20(13-17)33-22(23(18)26)11-14-4-3-5-16(10-14)25(28)29/h3-13H,1-2H3. The Balaban J connectivity index is 1.54. The molecule has 1 aliphatic heterocycles. The van der Waals surface area contributed by atoms with Gasteiger partial charge in [0.2, 0.25) is 5.78 Å². The molecule has 33 heavy (non-hydrogen) atoms. The summed E-state index contributed by atoms with van der Waals surface area (Å²) in [6.45, 7) is 0. The number of methoxy groups -OCH3 is 2. The molecule has 0 radical (unpaired) electrons. The number of benzene rings is 3. The molecule has 0 saturated heterocycles. The highest BCUT2D eigenvalue weighted by atomic mass is 16.6. The van der Waals surface area contributed by atoms with E-state index in [9.17, 15) is 19.7 Å². The predicted molar refractivity (Wildman–Crippen MR) is 117 cm³/mol. The van der Waals surface area contributed by atoms with Crippen molar-refractivity contribution < 1.29 is 33.5 Å². The highest BCUT2D eigenvalue weighted by Gasteiger charge is 2.28. The summed E-state index contributed by atoms with van der Waals surface area (Å²) in [7, 11) is 2.95. The number of hydrogen-bond donors (Lipinski definition) is 0. The first-order valence-corrected chi connectivity index (χ1v) is 9.66. The second kappa shape index (κ2) is 8.83. The zero-order chi connectivity index (χ0) is 23.5. The summed E-state index contributed by atoms with van der Waals surface area (Å²) in [5.41, 5.74) is 0.881. The fourth-order valence-corrected chi connectivity index (χ4v) is 3.24. The SMILES string of the molecule is COc1ccc(C(=O)Oc2ccc3c(c2)OC(=Cc2cccc([N+](=O)[O-])c2)C3=O)cc1OC. The number of fused-ring (bicyclic) bond motifs is 1.